The number of aromatic nitrogens is 2. The minimum absolute atomic E-state index is 0.0764. The topological polar surface area (TPSA) is 96.3 Å². The Balaban J connectivity index is 1.48. The van der Waals surface area contributed by atoms with Crippen LogP contribution in [0.15, 0.2) is 36.4 Å². The normalized spacial score (nSPS) is 16.5. The third kappa shape index (κ3) is 4.52. The van der Waals surface area contributed by atoms with Crippen LogP contribution in [0.25, 0.3) is 0 Å². The molecule has 3 rings (SSSR count). The second kappa shape index (κ2) is 8.03. The number of urea groups is 1. The van der Waals surface area contributed by atoms with Crippen LogP contribution in [0, 0.1) is 13.8 Å². The number of rotatable bonds is 7. The standard InChI is InChI=1S/C19H23N5O3/c1-13-10-14(2)24(22-13)9-8-20-17(25)11-16-18(26)23(19(27)21-16)12-15-6-4-3-5-7-15/h3-7,10,16H,8-9,11-12H2,1-2H3,(H,20,25)(H,21,27)/t16-/m0/s1. The fourth-order valence-electron chi connectivity index (χ4n) is 3.09. The van der Waals surface area contributed by atoms with E-state index in [0.717, 1.165) is 21.9 Å². The van der Waals surface area contributed by atoms with Gasteiger partial charge in [0.15, 0.2) is 0 Å². The van der Waals surface area contributed by atoms with Crippen LogP contribution in [0.5, 0.6) is 0 Å². The van der Waals surface area contributed by atoms with Crippen molar-refractivity contribution in [1.82, 2.24) is 25.3 Å². The average molecular weight is 369 g/mol. The number of imide groups is 1. The summed E-state index contributed by atoms with van der Waals surface area (Å²) in [5, 5.41) is 9.69. The minimum atomic E-state index is -0.824. The van der Waals surface area contributed by atoms with Gasteiger partial charge in [-0.05, 0) is 25.5 Å². The molecule has 1 atom stereocenters. The quantitative estimate of drug-likeness (QED) is 0.715. The highest BCUT2D eigenvalue weighted by atomic mass is 16.2. The van der Waals surface area contributed by atoms with Gasteiger partial charge in [-0.1, -0.05) is 30.3 Å². The van der Waals surface area contributed by atoms with Crippen molar-refractivity contribution < 1.29 is 14.4 Å². The van der Waals surface area contributed by atoms with Crippen LogP contribution in [0.2, 0.25) is 0 Å². The number of amides is 4. The Morgan fingerprint density at radius 2 is 1.96 bits per heavy atom. The molecule has 4 amide bonds. The Morgan fingerprint density at radius 3 is 2.63 bits per heavy atom. The number of hydrogen-bond acceptors (Lipinski definition) is 4. The summed E-state index contributed by atoms with van der Waals surface area (Å²) in [7, 11) is 0. The highest BCUT2D eigenvalue weighted by Crippen LogP contribution is 2.14. The summed E-state index contributed by atoms with van der Waals surface area (Å²) in [6.45, 7) is 5.02. The Labute approximate surface area is 157 Å². The molecule has 1 saturated heterocycles. The van der Waals surface area contributed by atoms with Crippen LogP contribution in [-0.2, 0) is 22.7 Å². The molecule has 0 spiro atoms. The van der Waals surface area contributed by atoms with Gasteiger partial charge in [0.1, 0.15) is 6.04 Å². The maximum atomic E-state index is 12.4. The highest BCUT2D eigenvalue weighted by Gasteiger charge is 2.38. The molecular weight excluding hydrogens is 346 g/mol. The first kappa shape index (κ1) is 18.6. The summed E-state index contributed by atoms with van der Waals surface area (Å²) in [5.74, 6) is -0.658. The molecule has 0 radical (unpaired) electrons. The number of carbonyl (C=O) groups excluding carboxylic acids is 3. The van der Waals surface area contributed by atoms with Crippen molar-refractivity contribution in [2.45, 2.75) is 39.4 Å². The summed E-state index contributed by atoms with van der Waals surface area (Å²) < 4.78 is 1.82. The smallest absolute Gasteiger partial charge is 0.325 e. The molecule has 2 N–H and O–H groups in total. The number of nitrogens with one attached hydrogen (secondary N) is 2. The van der Waals surface area contributed by atoms with Crippen LogP contribution < -0.4 is 10.6 Å². The van der Waals surface area contributed by atoms with Gasteiger partial charge in [-0.25, -0.2) is 4.79 Å². The molecule has 1 aromatic carbocycles. The molecule has 1 fully saturated rings. The van der Waals surface area contributed by atoms with E-state index in [1.54, 1.807) is 0 Å². The Hall–Kier alpha value is -3.16. The molecule has 1 aromatic heterocycles. The Morgan fingerprint density at radius 1 is 1.22 bits per heavy atom. The van der Waals surface area contributed by atoms with E-state index in [2.05, 4.69) is 15.7 Å². The molecule has 8 heteroatoms. The lowest BCUT2D eigenvalue weighted by atomic mass is 10.1. The van der Waals surface area contributed by atoms with E-state index in [1.807, 2.05) is 54.9 Å². The van der Waals surface area contributed by atoms with Gasteiger partial charge >= 0.3 is 6.03 Å². The molecule has 27 heavy (non-hydrogen) atoms. The summed E-state index contributed by atoms with van der Waals surface area (Å²) in [5.41, 5.74) is 2.81. The van der Waals surface area contributed by atoms with Crippen LogP contribution in [0.4, 0.5) is 4.79 Å². The lowest BCUT2D eigenvalue weighted by Crippen LogP contribution is -2.37. The van der Waals surface area contributed by atoms with Crippen molar-refractivity contribution in [3.63, 3.8) is 0 Å². The fraction of sp³-hybridized carbons (Fsp3) is 0.368. The van der Waals surface area contributed by atoms with Gasteiger partial charge in [-0.15, -0.1) is 0 Å². The third-order valence-electron chi connectivity index (χ3n) is 4.43. The lowest BCUT2D eigenvalue weighted by Gasteiger charge is -2.13. The number of aryl methyl sites for hydroxylation is 2. The number of benzene rings is 1. The first-order chi connectivity index (χ1) is 12.9. The Kier molecular flexibility index (Phi) is 5.54. The van der Waals surface area contributed by atoms with Gasteiger partial charge in [-0.2, -0.15) is 5.10 Å². The number of hydrogen-bond donors (Lipinski definition) is 2. The minimum Gasteiger partial charge on any atom is -0.354 e. The predicted octanol–water partition coefficient (Wildman–Crippen LogP) is 1.13. The van der Waals surface area contributed by atoms with Gasteiger partial charge < -0.3 is 10.6 Å². The first-order valence-corrected chi connectivity index (χ1v) is 8.87. The molecule has 2 aromatic rings. The Bertz CT molecular complexity index is 846. The zero-order chi connectivity index (χ0) is 19.4. The predicted molar refractivity (Wildman–Crippen MR) is 98.6 cm³/mol. The maximum absolute atomic E-state index is 12.4. The second-order valence-corrected chi connectivity index (χ2v) is 6.62. The van der Waals surface area contributed by atoms with Crippen LogP contribution in [-0.4, -0.2) is 45.1 Å². The van der Waals surface area contributed by atoms with E-state index in [0.29, 0.717) is 13.1 Å². The van der Waals surface area contributed by atoms with E-state index in [1.165, 1.54) is 0 Å². The van der Waals surface area contributed by atoms with E-state index in [9.17, 15) is 14.4 Å². The molecule has 0 saturated carbocycles. The van der Waals surface area contributed by atoms with Crippen molar-refractivity contribution in [3.8, 4) is 0 Å². The van der Waals surface area contributed by atoms with Gasteiger partial charge in [-0.3, -0.25) is 19.2 Å². The zero-order valence-electron chi connectivity index (χ0n) is 15.4. The largest absolute Gasteiger partial charge is 0.354 e. The lowest BCUT2D eigenvalue weighted by molar-refractivity contribution is -0.131. The highest BCUT2D eigenvalue weighted by molar-refractivity contribution is 6.05. The van der Waals surface area contributed by atoms with Gasteiger partial charge in [0.2, 0.25) is 5.91 Å². The molecule has 2 heterocycles. The number of nitrogens with zero attached hydrogens (tertiary/aromatic N) is 3. The maximum Gasteiger partial charge on any atom is 0.325 e. The van der Waals surface area contributed by atoms with E-state index < -0.39 is 12.1 Å². The molecule has 0 aliphatic carbocycles. The molecule has 142 valence electrons. The monoisotopic (exact) mass is 369 g/mol. The summed E-state index contributed by atoms with van der Waals surface area (Å²) in [4.78, 5) is 37.8. The van der Waals surface area contributed by atoms with E-state index in [-0.39, 0.29) is 24.8 Å². The van der Waals surface area contributed by atoms with Crippen molar-refractivity contribution in [2.24, 2.45) is 0 Å². The summed E-state index contributed by atoms with van der Waals surface area (Å²) >= 11 is 0. The summed E-state index contributed by atoms with van der Waals surface area (Å²) in [6.07, 6.45) is -0.0764. The van der Waals surface area contributed by atoms with Crippen molar-refractivity contribution >= 4 is 17.8 Å². The molecular formula is C19H23N5O3. The van der Waals surface area contributed by atoms with Crippen molar-refractivity contribution in [1.29, 1.82) is 0 Å². The zero-order valence-corrected chi connectivity index (χ0v) is 15.4. The molecule has 0 unspecified atom stereocenters. The molecule has 8 nitrogen and oxygen atoms in total. The van der Waals surface area contributed by atoms with E-state index in [4.69, 9.17) is 0 Å². The average Bonchev–Trinajstić information content (AvgIpc) is 3.08. The molecule has 1 aliphatic rings. The number of carbonyl (C=O) groups is 3. The second-order valence-electron chi connectivity index (χ2n) is 6.62. The molecule has 1 aliphatic heterocycles. The van der Waals surface area contributed by atoms with Crippen LogP contribution in [0.1, 0.15) is 23.4 Å². The molecule has 0 bridgehead atoms. The summed E-state index contributed by atoms with van der Waals surface area (Å²) in [6, 6.07) is 9.94. The van der Waals surface area contributed by atoms with Crippen LogP contribution >= 0.6 is 0 Å². The van der Waals surface area contributed by atoms with Crippen molar-refractivity contribution in [2.75, 3.05) is 6.54 Å². The van der Waals surface area contributed by atoms with Gasteiger partial charge in [0.05, 0.1) is 25.2 Å². The van der Waals surface area contributed by atoms with Gasteiger partial charge in [0.25, 0.3) is 5.91 Å². The first-order valence-electron chi connectivity index (χ1n) is 8.87. The van der Waals surface area contributed by atoms with E-state index >= 15 is 0 Å². The fourth-order valence-corrected chi connectivity index (χ4v) is 3.09. The SMILES string of the molecule is Cc1cc(C)n(CCNC(=O)C[C@@H]2NC(=O)N(Cc3ccccc3)C2=O)n1. The van der Waals surface area contributed by atoms with Gasteiger partial charge in [0, 0.05) is 12.2 Å². The third-order valence-corrected chi connectivity index (χ3v) is 4.43. The van der Waals surface area contributed by atoms with Crippen LogP contribution in [0.3, 0.4) is 0 Å². The van der Waals surface area contributed by atoms with Crippen molar-refractivity contribution in [3.05, 3.63) is 53.3 Å².